The normalized spacial score (nSPS) is 10.7. The van der Waals surface area contributed by atoms with Gasteiger partial charge in [0, 0.05) is 17.0 Å². The topological polar surface area (TPSA) is 59.3 Å². The lowest BCUT2D eigenvalue weighted by Crippen LogP contribution is -2.27. The lowest BCUT2D eigenvalue weighted by Gasteiger charge is -2.06. The zero-order valence-electron chi connectivity index (χ0n) is 11.8. The van der Waals surface area contributed by atoms with E-state index in [9.17, 15) is 9.59 Å². The third-order valence-electron chi connectivity index (χ3n) is 3.29. The molecular weight excluding hydrogens is 337 g/mol. The van der Waals surface area contributed by atoms with Crippen LogP contribution < -0.4 is 10.9 Å². The average Bonchev–Trinajstić information content (AvgIpc) is 2.54. The van der Waals surface area contributed by atoms with E-state index in [1.807, 2.05) is 30.3 Å². The molecule has 1 aromatic heterocycles. The summed E-state index contributed by atoms with van der Waals surface area (Å²) in [7, 11) is 0. The van der Waals surface area contributed by atoms with Crippen molar-refractivity contribution >= 4 is 40.1 Å². The van der Waals surface area contributed by atoms with E-state index in [-0.39, 0.29) is 16.2 Å². The van der Waals surface area contributed by atoms with E-state index >= 15 is 0 Å². The van der Waals surface area contributed by atoms with Gasteiger partial charge in [-0.25, -0.2) is 4.79 Å². The van der Waals surface area contributed by atoms with Gasteiger partial charge < -0.3 is 9.73 Å². The van der Waals surface area contributed by atoms with Gasteiger partial charge in [0.05, 0.1) is 5.02 Å². The molecule has 0 saturated carbocycles. The molecule has 4 nitrogen and oxygen atoms in total. The maximum atomic E-state index is 12.2. The summed E-state index contributed by atoms with van der Waals surface area (Å²) in [4.78, 5) is 24.2. The molecule has 0 atom stereocenters. The molecule has 0 spiro atoms. The number of amides is 1. The van der Waals surface area contributed by atoms with Gasteiger partial charge >= 0.3 is 5.63 Å². The van der Waals surface area contributed by atoms with Crippen LogP contribution in [-0.4, -0.2) is 5.91 Å². The van der Waals surface area contributed by atoms with Crippen LogP contribution in [0.1, 0.15) is 15.9 Å². The Hall–Kier alpha value is -2.30. The largest absolute Gasteiger partial charge is 0.421 e. The molecule has 0 saturated heterocycles. The maximum Gasteiger partial charge on any atom is 0.349 e. The number of fused-ring (bicyclic) bond motifs is 1. The van der Waals surface area contributed by atoms with Crippen molar-refractivity contribution in [2.45, 2.75) is 6.54 Å². The molecule has 116 valence electrons. The van der Waals surface area contributed by atoms with Crippen LogP contribution in [-0.2, 0) is 6.54 Å². The number of carbonyl (C=O) groups is 1. The van der Waals surface area contributed by atoms with E-state index < -0.39 is 11.5 Å². The first-order chi connectivity index (χ1) is 11.0. The van der Waals surface area contributed by atoms with Crippen LogP contribution in [0.15, 0.2) is 57.7 Å². The number of nitrogens with one attached hydrogen (secondary N) is 1. The van der Waals surface area contributed by atoms with E-state index in [1.165, 1.54) is 12.1 Å². The van der Waals surface area contributed by atoms with Gasteiger partial charge in [-0.1, -0.05) is 53.5 Å². The number of carbonyl (C=O) groups excluding carboxylic acids is 1. The molecule has 0 fully saturated rings. The second-order valence-corrected chi connectivity index (χ2v) is 5.77. The fourth-order valence-electron chi connectivity index (χ4n) is 2.19. The minimum absolute atomic E-state index is 0.0910. The third-order valence-corrected chi connectivity index (χ3v) is 3.79. The Labute approximate surface area is 141 Å². The molecule has 0 bridgehead atoms. The van der Waals surface area contributed by atoms with Crippen LogP contribution in [0.3, 0.4) is 0 Å². The summed E-state index contributed by atoms with van der Waals surface area (Å²) in [6.07, 6.45) is 0. The average molecular weight is 348 g/mol. The van der Waals surface area contributed by atoms with Crippen LogP contribution in [0.25, 0.3) is 11.0 Å². The Balaban J connectivity index is 1.91. The van der Waals surface area contributed by atoms with Gasteiger partial charge in [-0.05, 0) is 23.8 Å². The second-order valence-electron chi connectivity index (χ2n) is 4.92. The van der Waals surface area contributed by atoms with Crippen molar-refractivity contribution in [2.24, 2.45) is 0 Å². The van der Waals surface area contributed by atoms with Gasteiger partial charge in [-0.15, -0.1) is 0 Å². The first-order valence-electron chi connectivity index (χ1n) is 6.79. The van der Waals surface area contributed by atoms with E-state index in [0.29, 0.717) is 17.0 Å². The van der Waals surface area contributed by atoms with Gasteiger partial charge in [0.15, 0.2) is 5.58 Å². The molecule has 3 rings (SSSR count). The lowest BCUT2D eigenvalue weighted by molar-refractivity contribution is 0.0947. The Kier molecular flexibility index (Phi) is 4.37. The predicted octanol–water partition coefficient (Wildman–Crippen LogP) is 4.03. The third kappa shape index (κ3) is 3.38. The molecule has 3 aromatic rings. The molecule has 0 aliphatic heterocycles. The molecule has 0 radical (unpaired) electrons. The minimum Gasteiger partial charge on any atom is -0.421 e. The zero-order chi connectivity index (χ0) is 16.4. The van der Waals surface area contributed by atoms with Gasteiger partial charge in [0.2, 0.25) is 0 Å². The fraction of sp³-hybridized carbons (Fsp3) is 0.0588. The summed E-state index contributed by atoms with van der Waals surface area (Å²) in [6.45, 7) is 0.313. The smallest absolute Gasteiger partial charge is 0.349 e. The number of benzene rings is 2. The van der Waals surface area contributed by atoms with Crippen molar-refractivity contribution in [3.63, 3.8) is 0 Å². The molecular formula is C17H11Cl2NO3. The van der Waals surface area contributed by atoms with Gasteiger partial charge in [0.1, 0.15) is 5.56 Å². The quantitative estimate of drug-likeness (QED) is 0.727. The summed E-state index contributed by atoms with van der Waals surface area (Å²) in [5, 5.41) is 3.80. The number of hydrogen-bond donors (Lipinski definition) is 1. The van der Waals surface area contributed by atoms with Crippen molar-refractivity contribution in [1.82, 2.24) is 5.32 Å². The van der Waals surface area contributed by atoms with Crippen LogP contribution >= 0.6 is 23.2 Å². The van der Waals surface area contributed by atoms with E-state index in [2.05, 4.69) is 5.32 Å². The first kappa shape index (κ1) is 15.6. The molecule has 6 heteroatoms. The van der Waals surface area contributed by atoms with Crippen molar-refractivity contribution < 1.29 is 9.21 Å². The highest BCUT2D eigenvalue weighted by Crippen LogP contribution is 2.27. The summed E-state index contributed by atoms with van der Waals surface area (Å²) in [5.41, 5.74) is 0.303. The van der Waals surface area contributed by atoms with Crippen LogP contribution in [0.5, 0.6) is 0 Å². The van der Waals surface area contributed by atoms with Crippen molar-refractivity contribution in [3.05, 3.63) is 80.1 Å². The summed E-state index contributed by atoms with van der Waals surface area (Å²) >= 11 is 11.9. The molecule has 1 N–H and O–H groups in total. The molecule has 1 amide bonds. The summed E-state index contributed by atoms with van der Waals surface area (Å²) < 4.78 is 5.14. The highest BCUT2D eigenvalue weighted by molar-refractivity contribution is 6.38. The standard InChI is InChI=1S/C17H11Cl2NO3/c18-12-6-11-7-13(17(22)23-15(11)14(19)8-12)16(21)20-9-10-4-2-1-3-5-10/h1-8H,9H2,(H,20,21). The summed E-state index contributed by atoms with van der Waals surface area (Å²) in [6, 6.07) is 13.9. The Morgan fingerprint density at radius 1 is 1.09 bits per heavy atom. The van der Waals surface area contributed by atoms with Crippen molar-refractivity contribution in [2.75, 3.05) is 0 Å². The van der Waals surface area contributed by atoms with Gasteiger partial charge in [-0.2, -0.15) is 0 Å². The van der Waals surface area contributed by atoms with Crippen LogP contribution in [0.4, 0.5) is 0 Å². The molecule has 1 heterocycles. The SMILES string of the molecule is O=C(NCc1ccccc1)c1cc2cc(Cl)cc(Cl)c2oc1=O. The molecule has 2 aromatic carbocycles. The lowest BCUT2D eigenvalue weighted by atomic mass is 10.1. The molecule has 0 aliphatic rings. The Morgan fingerprint density at radius 2 is 1.83 bits per heavy atom. The number of halogens is 2. The van der Waals surface area contributed by atoms with Gasteiger partial charge in [0.25, 0.3) is 5.91 Å². The summed E-state index contributed by atoms with van der Waals surface area (Å²) in [5.74, 6) is -0.513. The molecule has 0 unspecified atom stereocenters. The Morgan fingerprint density at radius 3 is 2.57 bits per heavy atom. The van der Waals surface area contributed by atoms with E-state index in [1.54, 1.807) is 6.07 Å². The van der Waals surface area contributed by atoms with Crippen LogP contribution in [0, 0.1) is 0 Å². The predicted molar refractivity (Wildman–Crippen MR) is 90.1 cm³/mol. The zero-order valence-corrected chi connectivity index (χ0v) is 13.3. The van der Waals surface area contributed by atoms with E-state index in [0.717, 1.165) is 5.56 Å². The number of rotatable bonds is 3. The Bertz CT molecular complexity index is 936. The maximum absolute atomic E-state index is 12.2. The van der Waals surface area contributed by atoms with E-state index in [4.69, 9.17) is 27.6 Å². The molecule has 23 heavy (non-hydrogen) atoms. The van der Waals surface area contributed by atoms with Crippen LogP contribution in [0.2, 0.25) is 10.0 Å². The van der Waals surface area contributed by atoms with Gasteiger partial charge in [-0.3, -0.25) is 4.79 Å². The van der Waals surface area contributed by atoms with Crippen molar-refractivity contribution in [1.29, 1.82) is 0 Å². The second kappa shape index (κ2) is 6.44. The number of hydrogen-bond acceptors (Lipinski definition) is 3. The fourth-order valence-corrected chi connectivity index (χ4v) is 2.74. The highest BCUT2D eigenvalue weighted by Gasteiger charge is 2.15. The highest BCUT2D eigenvalue weighted by atomic mass is 35.5. The van der Waals surface area contributed by atoms with Crippen molar-refractivity contribution in [3.8, 4) is 0 Å². The monoisotopic (exact) mass is 347 g/mol. The molecule has 0 aliphatic carbocycles. The first-order valence-corrected chi connectivity index (χ1v) is 7.55. The minimum atomic E-state index is -0.743.